The molecule has 54 heavy (non-hydrogen) atoms. The Labute approximate surface area is 305 Å². The van der Waals surface area contributed by atoms with Gasteiger partial charge in [0.1, 0.15) is 12.1 Å². The largest absolute Gasteiger partial charge is 0.481 e. The number of amides is 4. The summed E-state index contributed by atoms with van der Waals surface area (Å²) in [4.78, 5) is 105. The number of rotatable bonds is 20. The van der Waals surface area contributed by atoms with Crippen molar-refractivity contribution in [3.05, 3.63) is 52.1 Å². The SMILES string of the molecule is NCCCC[C@H](NC(=O)CNC(=O)CNC(=O)CN)C(=O)O.Nc1nc2ncc(CNc3ccc(C(=O)NC(CCC(=O)O)C(=O)O)cc3)nc2c(=O)[nH]1. The van der Waals surface area contributed by atoms with Crippen LogP contribution in [0.2, 0.25) is 0 Å². The van der Waals surface area contributed by atoms with Crippen LogP contribution in [0.5, 0.6) is 0 Å². The molecule has 0 radical (unpaired) electrons. The van der Waals surface area contributed by atoms with Crippen molar-refractivity contribution < 1.29 is 48.9 Å². The Morgan fingerprint density at radius 1 is 0.796 bits per heavy atom. The van der Waals surface area contributed by atoms with Crippen LogP contribution in [-0.2, 0) is 35.3 Å². The summed E-state index contributed by atoms with van der Waals surface area (Å²) in [5.74, 6) is -6.00. The van der Waals surface area contributed by atoms with Gasteiger partial charge in [0.05, 0.1) is 38.1 Å². The maximum absolute atomic E-state index is 12.3. The van der Waals surface area contributed by atoms with Crippen molar-refractivity contribution in [1.82, 2.24) is 41.2 Å². The first-order valence-corrected chi connectivity index (χ1v) is 16.2. The van der Waals surface area contributed by atoms with Crippen molar-refractivity contribution in [1.29, 1.82) is 0 Å². The van der Waals surface area contributed by atoms with Gasteiger partial charge in [0.15, 0.2) is 11.2 Å². The van der Waals surface area contributed by atoms with E-state index in [9.17, 15) is 38.4 Å². The van der Waals surface area contributed by atoms with Crippen LogP contribution in [0.1, 0.15) is 48.2 Å². The van der Waals surface area contributed by atoms with Gasteiger partial charge in [0.25, 0.3) is 11.5 Å². The zero-order chi connectivity index (χ0) is 40.2. The van der Waals surface area contributed by atoms with Crippen molar-refractivity contribution in [2.75, 3.05) is 37.2 Å². The van der Waals surface area contributed by atoms with Crippen molar-refractivity contribution in [2.24, 2.45) is 11.5 Å². The number of H-pyrrole nitrogens is 1. The average Bonchev–Trinajstić information content (AvgIpc) is 3.13. The van der Waals surface area contributed by atoms with E-state index in [0.29, 0.717) is 30.8 Å². The molecule has 0 aliphatic carbocycles. The number of nitrogens with two attached hydrogens (primary N) is 3. The van der Waals surface area contributed by atoms with E-state index in [0.717, 1.165) is 0 Å². The molecule has 1 aromatic carbocycles. The molecule has 0 spiro atoms. The zero-order valence-electron chi connectivity index (χ0n) is 28.8. The predicted molar refractivity (Wildman–Crippen MR) is 189 cm³/mol. The molecule has 0 bridgehead atoms. The number of carbonyl (C=O) groups excluding carboxylic acids is 4. The smallest absolute Gasteiger partial charge is 0.326 e. The summed E-state index contributed by atoms with van der Waals surface area (Å²) >= 11 is 0. The summed E-state index contributed by atoms with van der Waals surface area (Å²) < 4.78 is 0. The Bertz CT molecular complexity index is 1850. The number of nitrogens with zero attached hydrogens (tertiary/aromatic N) is 3. The number of carboxylic acids is 3. The molecule has 23 nitrogen and oxygen atoms in total. The van der Waals surface area contributed by atoms with E-state index in [1.54, 1.807) is 12.1 Å². The molecule has 0 saturated heterocycles. The monoisotopic (exact) mass is 758 g/mol. The van der Waals surface area contributed by atoms with Gasteiger partial charge in [-0.05, 0) is 56.5 Å². The lowest BCUT2D eigenvalue weighted by atomic mass is 10.1. The van der Waals surface area contributed by atoms with Crippen molar-refractivity contribution in [2.45, 2.75) is 50.7 Å². The van der Waals surface area contributed by atoms with E-state index in [4.69, 9.17) is 32.5 Å². The lowest BCUT2D eigenvalue weighted by Gasteiger charge is -2.14. The molecule has 2 heterocycles. The van der Waals surface area contributed by atoms with Crippen molar-refractivity contribution in [3.63, 3.8) is 0 Å². The molecule has 0 saturated carbocycles. The van der Waals surface area contributed by atoms with Gasteiger partial charge >= 0.3 is 17.9 Å². The van der Waals surface area contributed by atoms with Crippen LogP contribution in [0.3, 0.4) is 0 Å². The highest BCUT2D eigenvalue weighted by Gasteiger charge is 2.22. The molecular formula is C31H42N12O11. The molecule has 23 heteroatoms. The van der Waals surface area contributed by atoms with Gasteiger partial charge in [-0.2, -0.15) is 4.98 Å². The number of carboxylic acid groups (broad SMARTS) is 3. The van der Waals surface area contributed by atoms with E-state index in [1.807, 2.05) is 0 Å². The standard InChI is InChI=1S/C19H19N7O6.C12H23N5O5/c20-19-25-15-14(17(30)26-19)23-11(8-22-15)7-21-10-3-1-9(2-4-10)16(29)24-12(18(31)32)5-6-13(27)28;13-4-2-1-3-8(12(21)22)17-11(20)7-16-10(19)6-15-9(18)5-14/h1-4,8,12,21H,5-7H2,(H,24,29)(H,27,28)(H,31,32)(H3,20,22,25,26,30);8H,1-7,13-14H2,(H,15,18)(H,16,19)(H,17,20)(H,21,22)/t;8-/m.0/s1. The highest BCUT2D eigenvalue weighted by atomic mass is 16.4. The molecule has 2 aromatic heterocycles. The van der Waals surface area contributed by atoms with Crippen LogP contribution in [0.15, 0.2) is 35.3 Å². The molecular weight excluding hydrogens is 716 g/mol. The summed E-state index contributed by atoms with van der Waals surface area (Å²) in [6.07, 6.45) is 2.34. The minimum absolute atomic E-state index is 0.0524. The van der Waals surface area contributed by atoms with Gasteiger partial charge < -0.3 is 59.1 Å². The number of unbranched alkanes of at least 4 members (excludes halogenated alkanes) is 1. The lowest BCUT2D eigenvalue weighted by Crippen LogP contribution is -2.47. The van der Waals surface area contributed by atoms with E-state index in [1.165, 1.54) is 18.3 Å². The quantitative estimate of drug-likeness (QED) is 0.0506. The van der Waals surface area contributed by atoms with Crippen LogP contribution in [0, 0.1) is 0 Å². The number of aromatic nitrogens is 4. The molecule has 3 rings (SSSR count). The van der Waals surface area contributed by atoms with Crippen LogP contribution in [0.4, 0.5) is 11.6 Å². The summed E-state index contributed by atoms with van der Waals surface area (Å²) in [6.45, 7) is -0.240. The minimum atomic E-state index is -1.31. The predicted octanol–water partition coefficient (Wildman–Crippen LogP) is -3.17. The van der Waals surface area contributed by atoms with E-state index in [2.05, 4.69) is 46.5 Å². The Balaban J connectivity index is 0.000000404. The number of aliphatic carboxylic acids is 3. The average molecular weight is 759 g/mol. The fourth-order valence-corrected chi connectivity index (χ4v) is 4.24. The normalized spacial score (nSPS) is 11.5. The van der Waals surface area contributed by atoms with E-state index >= 15 is 0 Å². The first-order chi connectivity index (χ1) is 25.6. The third-order valence-corrected chi connectivity index (χ3v) is 7.01. The summed E-state index contributed by atoms with van der Waals surface area (Å²) in [5, 5.41) is 39.0. The minimum Gasteiger partial charge on any atom is -0.481 e. The summed E-state index contributed by atoms with van der Waals surface area (Å²) in [7, 11) is 0. The highest BCUT2D eigenvalue weighted by Crippen LogP contribution is 2.12. The third-order valence-electron chi connectivity index (χ3n) is 7.01. The first-order valence-electron chi connectivity index (χ1n) is 16.2. The van der Waals surface area contributed by atoms with E-state index < -0.39 is 59.2 Å². The fraction of sp³-hybridized carbons (Fsp3) is 0.387. The van der Waals surface area contributed by atoms with Crippen LogP contribution in [0.25, 0.3) is 11.2 Å². The van der Waals surface area contributed by atoms with Gasteiger partial charge in [-0.3, -0.25) is 33.8 Å². The molecule has 0 fully saturated rings. The Morgan fingerprint density at radius 2 is 1.43 bits per heavy atom. The van der Waals surface area contributed by atoms with Gasteiger partial charge in [0, 0.05) is 17.7 Å². The van der Waals surface area contributed by atoms with Crippen molar-refractivity contribution >= 4 is 64.3 Å². The van der Waals surface area contributed by atoms with E-state index in [-0.39, 0.29) is 68.1 Å². The number of fused-ring (bicyclic) bond motifs is 1. The van der Waals surface area contributed by atoms with Gasteiger partial charge in [-0.15, -0.1) is 0 Å². The van der Waals surface area contributed by atoms with Gasteiger partial charge in [-0.1, -0.05) is 0 Å². The molecule has 0 aliphatic rings. The molecule has 292 valence electrons. The molecule has 4 amide bonds. The number of hydrogen-bond acceptors (Lipinski definition) is 15. The fourth-order valence-electron chi connectivity index (χ4n) is 4.24. The number of aromatic amines is 1. The van der Waals surface area contributed by atoms with Crippen LogP contribution < -0.4 is 49.3 Å². The number of benzene rings is 1. The molecule has 3 aromatic rings. The maximum Gasteiger partial charge on any atom is 0.326 e. The summed E-state index contributed by atoms with van der Waals surface area (Å²) in [6, 6.07) is 3.84. The van der Waals surface area contributed by atoms with Crippen LogP contribution in [-0.4, -0.2) is 115 Å². The number of anilines is 2. The Hall–Kier alpha value is -6.75. The lowest BCUT2D eigenvalue weighted by molar-refractivity contribution is -0.142. The molecule has 15 N–H and O–H groups in total. The molecule has 0 aliphatic heterocycles. The van der Waals surface area contributed by atoms with Crippen molar-refractivity contribution in [3.8, 4) is 0 Å². The summed E-state index contributed by atoms with van der Waals surface area (Å²) in [5.41, 5.74) is 16.8. The first kappa shape index (κ1) is 43.4. The third kappa shape index (κ3) is 15.6. The Morgan fingerprint density at radius 3 is 2.04 bits per heavy atom. The number of nitrogens with one attached hydrogen (secondary N) is 6. The van der Waals surface area contributed by atoms with Crippen LogP contribution >= 0.6 is 0 Å². The number of hydrogen-bond donors (Lipinski definition) is 12. The maximum atomic E-state index is 12.3. The number of nitrogen functional groups attached to an aromatic ring is 1. The second kappa shape index (κ2) is 22.2. The van der Waals surface area contributed by atoms with Gasteiger partial charge in [0.2, 0.25) is 23.7 Å². The number of carbonyl (C=O) groups is 7. The Kier molecular flexibility index (Phi) is 17.9. The van der Waals surface area contributed by atoms with Gasteiger partial charge in [-0.25, -0.2) is 19.6 Å². The highest BCUT2D eigenvalue weighted by molar-refractivity contribution is 5.97. The zero-order valence-corrected chi connectivity index (χ0v) is 28.8. The molecule has 1 unspecified atom stereocenters. The topological polar surface area (TPSA) is 390 Å². The second-order valence-corrected chi connectivity index (χ2v) is 11.2. The molecule has 2 atom stereocenters. The second-order valence-electron chi connectivity index (χ2n) is 11.2.